The Morgan fingerprint density at radius 2 is 1.72 bits per heavy atom. The third kappa shape index (κ3) is 3.19. The molecule has 1 rings (SSSR count). The van der Waals surface area contributed by atoms with E-state index in [1.54, 1.807) is 11.8 Å². The van der Waals surface area contributed by atoms with Crippen LogP contribution in [0.1, 0.15) is 6.92 Å². The van der Waals surface area contributed by atoms with Gasteiger partial charge in [0.15, 0.2) is 0 Å². The first kappa shape index (κ1) is 15.4. The molecule has 1 unspecified atom stereocenters. The van der Waals surface area contributed by atoms with Crippen LogP contribution in [0.5, 0.6) is 0 Å². The molecule has 1 fully saturated rings. The van der Waals surface area contributed by atoms with Gasteiger partial charge in [0.1, 0.15) is 6.10 Å². The summed E-state index contributed by atoms with van der Waals surface area (Å²) in [7, 11) is 1.10. The predicted octanol–water partition coefficient (Wildman–Crippen LogP) is -1.03. The van der Waals surface area contributed by atoms with Gasteiger partial charge in [-0.2, -0.15) is 17.0 Å². The second kappa shape index (κ2) is 5.96. The molecule has 0 aromatic heterocycles. The van der Waals surface area contributed by atoms with Crippen LogP contribution in [-0.4, -0.2) is 81.3 Å². The van der Waals surface area contributed by atoms with E-state index >= 15 is 0 Å². The van der Waals surface area contributed by atoms with Crippen LogP contribution in [0, 0.1) is 0 Å². The minimum atomic E-state index is -3.38. The Morgan fingerprint density at radius 1 is 1.22 bits per heavy atom. The zero-order chi connectivity index (χ0) is 13.9. The van der Waals surface area contributed by atoms with Crippen LogP contribution in [0.15, 0.2) is 0 Å². The average Bonchev–Trinajstić information content (AvgIpc) is 2.36. The molecular formula is C10H21N3O4S. The topological polar surface area (TPSA) is 70.2 Å². The first-order valence-electron chi connectivity index (χ1n) is 5.80. The molecule has 0 aliphatic carbocycles. The summed E-state index contributed by atoms with van der Waals surface area (Å²) in [6.45, 7) is 3.13. The van der Waals surface area contributed by atoms with E-state index in [-0.39, 0.29) is 5.91 Å². The van der Waals surface area contributed by atoms with Crippen molar-refractivity contribution in [3.05, 3.63) is 0 Å². The number of carbonyl (C=O) groups is 1. The number of methoxy groups -OCH3 is 1. The molecule has 0 aromatic carbocycles. The zero-order valence-corrected chi connectivity index (χ0v) is 12.1. The summed E-state index contributed by atoms with van der Waals surface area (Å²) in [6, 6.07) is 0. The molecule has 1 aliphatic rings. The van der Waals surface area contributed by atoms with E-state index in [2.05, 4.69) is 0 Å². The smallest absolute Gasteiger partial charge is 0.281 e. The van der Waals surface area contributed by atoms with Crippen molar-refractivity contribution in [3.8, 4) is 0 Å². The van der Waals surface area contributed by atoms with Gasteiger partial charge in [-0.15, -0.1) is 0 Å². The number of piperazine rings is 1. The first-order chi connectivity index (χ1) is 8.30. The molecule has 1 aliphatic heterocycles. The molecule has 18 heavy (non-hydrogen) atoms. The lowest BCUT2D eigenvalue weighted by Gasteiger charge is -2.35. The minimum Gasteiger partial charge on any atom is -0.372 e. The van der Waals surface area contributed by atoms with Crippen molar-refractivity contribution in [2.75, 3.05) is 47.4 Å². The van der Waals surface area contributed by atoms with Crippen LogP contribution < -0.4 is 0 Å². The summed E-state index contributed by atoms with van der Waals surface area (Å²) in [5, 5.41) is 0. The van der Waals surface area contributed by atoms with E-state index < -0.39 is 16.3 Å². The maximum Gasteiger partial charge on any atom is 0.281 e. The van der Waals surface area contributed by atoms with Gasteiger partial charge in [0.05, 0.1) is 0 Å². The third-order valence-corrected chi connectivity index (χ3v) is 4.98. The molecule has 0 spiro atoms. The highest BCUT2D eigenvalue weighted by Gasteiger charge is 2.31. The number of carbonyl (C=O) groups excluding carboxylic acids is 1. The fourth-order valence-electron chi connectivity index (χ4n) is 1.73. The van der Waals surface area contributed by atoms with Gasteiger partial charge in [-0.3, -0.25) is 4.79 Å². The lowest BCUT2D eigenvalue weighted by molar-refractivity contribution is -0.142. The highest BCUT2D eigenvalue weighted by Crippen LogP contribution is 2.11. The Bertz CT molecular complexity index is 388. The molecule has 0 saturated carbocycles. The molecule has 0 aromatic rings. The van der Waals surface area contributed by atoms with E-state index in [1.807, 2.05) is 0 Å². The van der Waals surface area contributed by atoms with Gasteiger partial charge < -0.3 is 9.64 Å². The molecule has 0 radical (unpaired) electrons. The van der Waals surface area contributed by atoms with Gasteiger partial charge in [0.2, 0.25) is 0 Å². The maximum atomic E-state index is 11.9. The highest BCUT2D eigenvalue weighted by atomic mass is 32.2. The lowest BCUT2D eigenvalue weighted by Crippen LogP contribution is -2.54. The SMILES string of the molecule is COC(C)C(=O)N1CCN(S(=O)(=O)N(C)C)CC1. The quantitative estimate of drug-likeness (QED) is 0.660. The van der Waals surface area contributed by atoms with Gasteiger partial charge in [-0.1, -0.05) is 0 Å². The highest BCUT2D eigenvalue weighted by molar-refractivity contribution is 7.86. The largest absolute Gasteiger partial charge is 0.372 e. The Labute approximate surface area is 108 Å². The van der Waals surface area contributed by atoms with E-state index in [0.717, 1.165) is 0 Å². The molecule has 7 nitrogen and oxygen atoms in total. The van der Waals surface area contributed by atoms with Crippen LogP contribution in [0.4, 0.5) is 0 Å². The normalized spacial score (nSPS) is 20.2. The van der Waals surface area contributed by atoms with Gasteiger partial charge >= 0.3 is 0 Å². The molecule has 1 atom stereocenters. The summed E-state index contributed by atoms with van der Waals surface area (Å²) in [5.41, 5.74) is 0. The van der Waals surface area contributed by atoms with Crippen molar-refractivity contribution in [1.29, 1.82) is 0 Å². The summed E-state index contributed by atoms with van der Waals surface area (Å²) < 4.78 is 31.3. The standard InChI is InChI=1S/C10H21N3O4S/c1-9(17-4)10(14)12-5-7-13(8-6-12)18(15,16)11(2)3/h9H,5-8H2,1-4H3. The maximum absolute atomic E-state index is 11.9. The van der Waals surface area contributed by atoms with E-state index in [0.29, 0.717) is 26.2 Å². The van der Waals surface area contributed by atoms with E-state index in [9.17, 15) is 13.2 Å². The van der Waals surface area contributed by atoms with Crippen LogP contribution in [0.3, 0.4) is 0 Å². The fourth-order valence-corrected chi connectivity index (χ4v) is 2.81. The van der Waals surface area contributed by atoms with Crippen molar-refractivity contribution < 1.29 is 17.9 Å². The van der Waals surface area contributed by atoms with Gasteiger partial charge in [0.25, 0.3) is 16.1 Å². The van der Waals surface area contributed by atoms with Crippen molar-refractivity contribution >= 4 is 16.1 Å². The van der Waals surface area contributed by atoms with Crippen LogP contribution in [0.25, 0.3) is 0 Å². The second-order valence-corrected chi connectivity index (χ2v) is 6.53. The van der Waals surface area contributed by atoms with Crippen LogP contribution in [0.2, 0.25) is 0 Å². The molecule has 1 saturated heterocycles. The summed E-state index contributed by atoms with van der Waals surface area (Å²) >= 11 is 0. The first-order valence-corrected chi connectivity index (χ1v) is 7.19. The Kier molecular flexibility index (Phi) is 5.09. The van der Waals surface area contributed by atoms with Crippen LogP contribution >= 0.6 is 0 Å². The Balaban J connectivity index is 2.59. The molecule has 1 heterocycles. The van der Waals surface area contributed by atoms with Crippen molar-refractivity contribution in [2.24, 2.45) is 0 Å². The van der Waals surface area contributed by atoms with E-state index in [1.165, 1.54) is 29.8 Å². The van der Waals surface area contributed by atoms with Crippen molar-refractivity contribution in [1.82, 2.24) is 13.5 Å². The Morgan fingerprint density at radius 3 is 2.11 bits per heavy atom. The number of rotatable bonds is 4. The minimum absolute atomic E-state index is 0.0978. The lowest BCUT2D eigenvalue weighted by atomic mass is 10.3. The van der Waals surface area contributed by atoms with Gasteiger partial charge in [0, 0.05) is 47.4 Å². The number of hydrogen-bond donors (Lipinski definition) is 0. The van der Waals surface area contributed by atoms with Crippen molar-refractivity contribution in [3.63, 3.8) is 0 Å². The summed E-state index contributed by atoms with van der Waals surface area (Å²) in [4.78, 5) is 13.5. The Hall–Kier alpha value is -0.700. The van der Waals surface area contributed by atoms with E-state index in [4.69, 9.17) is 4.74 Å². The molecule has 1 amide bonds. The number of nitrogens with zero attached hydrogens (tertiary/aromatic N) is 3. The molecule has 106 valence electrons. The number of amides is 1. The third-order valence-electron chi connectivity index (χ3n) is 3.04. The fraction of sp³-hybridized carbons (Fsp3) is 0.900. The second-order valence-electron chi connectivity index (χ2n) is 4.39. The summed E-state index contributed by atoms with van der Waals surface area (Å²) in [5.74, 6) is -0.0978. The van der Waals surface area contributed by atoms with Crippen LogP contribution in [-0.2, 0) is 19.7 Å². The predicted molar refractivity (Wildman–Crippen MR) is 67.2 cm³/mol. The van der Waals surface area contributed by atoms with Crippen molar-refractivity contribution in [2.45, 2.75) is 13.0 Å². The molecular weight excluding hydrogens is 258 g/mol. The van der Waals surface area contributed by atoms with Gasteiger partial charge in [-0.25, -0.2) is 0 Å². The average molecular weight is 279 g/mol. The number of ether oxygens (including phenoxy) is 1. The number of hydrogen-bond acceptors (Lipinski definition) is 4. The molecule has 0 bridgehead atoms. The zero-order valence-electron chi connectivity index (χ0n) is 11.3. The molecule has 8 heteroatoms. The molecule has 0 N–H and O–H groups in total. The van der Waals surface area contributed by atoms with Gasteiger partial charge in [-0.05, 0) is 6.92 Å². The monoisotopic (exact) mass is 279 g/mol. The summed E-state index contributed by atoms with van der Waals surface area (Å²) in [6.07, 6.45) is -0.484.